The van der Waals surface area contributed by atoms with E-state index in [0.29, 0.717) is 50.0 Å². The number of nitrogens with one attached hydrogen (secondary N) is 1. The number of methoxy groups -OCH3 is 1. The van der Waals surface area contributed by atoms with Crippen LogP contribution in [0.4, 0.5) is 4.39 Å². The fourth-order valence-electron chi connectivity index (χ4n) is 4.31. The number of carbonyl (C=O) groups excluding carboxylic acids is 2. The van der Waals surface area contributed by atoms with Crippen LogP contribution in [0.15, 0.2) is 29.6 Å². The minimum absolute atomic E-state index is 0.0349. The van der Waals surface area contributed by atoms with Gasteiger partial charge in [-0.3, -0.25) is 9.59 Å². The smallest absolute Gasteiger partial charge is 0.222 e. The molecule has 2 aliphatic rings. The number of rotatable bonds is 6. The van der Waals surface area contributed by atoms with Gasteiger partial charge in [-0.1, -0.05) is 6.07 Å². The maximum Gasteiger partial charge on any atom is 0.222 e. The Balaban J connectivity index is 1.43. The predicted octanol–water partition coefficient (Wildman–Crippen LogP) is 3.45. The van der Waals surface area contributed by atoms with Crippen LogP contribution in [0, 0.1) is 5.82 Å². The van der Waals surface area contributed by atoms with Crippen molar-refractivity contribution in [2.75, 3.05) is 13.7 Å². The van der Waals surface area contributed by atoms with Gasteiger partial charge in [0.2, 0.25) is 11.8 Å². The molecule has 5 nitrogen and oxygen atoms in total. The van der Waals surface area contributed by atoms with Crippen molar-refractivity contribution in [3.63, 3.8) is 0 Å². The van der Waals surface area contributed by atoms with E-state index < -0.39 is 5.54 Å². The Kier molecular flexibility index (Phi) is 5.58. The molecular formula is C22H25FN2O3S. The summed E-state index contributed by atoms with van der Waals surface area (Å²) in [6.07, 6.45) is 3.15. The van der Waals surface area contributed by atoms with Gasteiger partial charge in [-0.2, -0.15) is 0 Å². The molecule has 154 valence electrons. The Labute approximate surface area is 173 Å². The summed E-state index contributed by atoms with van der Waals surface area (Å²) in [5, 5.41) is 5.11. The van der Waals surface area contributed by atoms with Crippen molar-refractivity contribution in [2.45, 2.75) is 50.6 Å². The molecule has 29 heavy (non-hydrogen) atoms. The summed E-state index contributed by atoms with van der Waals surface area (Å²) in [7, 11) is 1.50. The molecule has 3 heterocycles. The summed E-state index contributed by atoms with van der Waals surface area (Å²) in [5.74, 6) is 0.172. The lowest BCUT2D eigenvalue weighted by Crippen LogP contribution is -2.45. The highest BCUT2D eigenvalue weighted by Gasteiger charge is 2.39. The topological polar surface area (TPSA) is 58.6 Å². The highest BCUT2D eigenvalue weighted by Crippen LogP contribution is 2.32. The van der Waals surface area contributed by atoms with E-state index in [9.17, 15) is 14.0 Å². The Morgan fingerprint density at radius 1 is 1.34 bits per heavy atom. The second kappa shape index (κ2) is 8.14. The van der Waals surface area contributed by atoms with Crippen LogP contribution < -0.4 is 10.1 Å². The van der Waals surface area contributed by atoms with E-state index in [4.69, 9.17) is 4.74 Å². The molecule has 1 aromatic heterocycles. The molecule has 0 aliphatic carbocycles. The van der Waals surface area contributed by atoms with Crippen molar-refractivity contribution in [3.05, 3.63) is 51.5 Å². The van der Waals surface area contributed by atoms with Crippen LogP contribution in [0.2, 0.25) is 0 Å². The standard InChI is InChI=1S/C22H25FN2O3S/c1-28-17-3-2-15(18(23)12-17)13-22(8-4-20(26)24-22)9-5-21(27)25-10-6-19-16(14-25)7-11-29-19/h2-3,7,11-12H,4-6,8-10,13-14H2,1H3,(H,24,26). The van der Waals surface area contributed by atoms with Crippen molar-refractivity contribution < 1.29 is 18.7 Å². The number of ether oxygens (including phenoxy) is 1. The second-order valence-electron chi connectivity index (χ2n) is 7.90. The van der Waals surface area contributed by atoms with E-state index in [1.54, 1.807) is 23.5 Å². The lowest BCUT2D eigenvalue weighted by atomic mass is 9.84. The van der Waals surface area contributed by atoms with Crippen molar-refractivity contribution in [2.24, 2.45) is 0 Å². The van der Waals surface area contributed by atoms with Gasteiger partial charge in [0.25, 0.3) is 0 Å². The minimum Gasteiger partial charge on any atom is -0.497 e. The zero-order chi connectivity index (χ0) is 20.4. The zero-order valence-electron chi connectivity index (χ0n) is 16.5. The van der Waals surface area contributed by atoms with E-state index in [1.165, 1.54) is 23.6 Å². The molecule has 0 radical (unpaired) electrons. The summed E-state index contributed by atoms with van der Waals surface area (Å²) in [4.78, 5) is 28.1. The SMILES string of the molecule is COc1ccc(CC2(CCC(=O)N3CCc4sccc4C3)CCC(=O)N2)c(F)c1. The van der Waals surface area contributed by atoms with E-state index in [1.807, 2.05) is 4.90 Å². The van der Waals surface area contributed by atoms with Crippen molar-refractivity contribution in [1.29, 1.82) is 0 Å². The number of amides is 2. The van der Waals surface area contributed by atoms with Gasteiger partial charge in [0.1, 0.15) is 11.6 Å². The van der Waals surface area contributed by atoms with E-state index >= 15 is 0 Å². The van der Waals surface area contributed by atoms with E-state index in [0.717, 1.165) is 13.0 Å². The van der Waals surface area contributed by atoms with Crippen LogP contribution in [0.3, 0.4) is 0 Å². The first kappa shape index (κ1) is 19.9. The molecule has 1 aromatic carbocycles. The quantitative estimate of drug-likeness (QED) is 0.785. The molecular weight excluding hydrogens is 391 g/mol. The molecule has 7 heteroatoms. The average molecular weight is 417 g/mol. The summed E-state index contributed by atoms with van der Waals surface area (Å²) in [6, 6.07) is 6.87. The lowest BCUT2D eigenvalue weighted by Gasteiger charge is -2.32. The second-order valence-corrected chi connectivity index (χ2v) is 8.90. The van der Waals surface area contributed by atoms with Crippen LogP contribution in [0.5, 0.6) is 5.75 Å². The first-order chi connectivity index (χ1) is 14.0. The maximum absolute atomic E-state index is 14.5. The number of carbonyl (C=O) groups is 2. The monoisotopic (exact) mass is 416 g/mol. The van der Waals surface area contributed by atoms with Crippen molar-refractivity contribution in [3.8, 4) is 5.75 Å². The van der Waals surface area contributed by atoms with Gasteiger partial charge < -0.3 is 15.0 Å². The number of benzene rings is 1. The zero-order valence-corrected chi connectivity index (χ0v) is 17.3. The first-order valence-electron chi connectivity index (χ1n) is 9.94. The number of nitrogens with zero attached hydrogens (tertiary/aromatic N) is 1. The Bertz CT molecular complexity index is 929. The van der Waals surface area contributed by atoms with E-state index in [-0.39, 0.29) is 17.6 Å². The summed E-state index contributed by atoms with van der Waals surface area (Å²) in [6.45, 7) is 1.39. The van der Waals surface area contributed by atoms with Gasteiger partial charge in [0, 0.05) is 42.4 Å². The predicted molar refractivity (Wildman–Crippen MR) is 109 cm³/mol. The number of hydrogen-bond acceptors (Lipinski definition) is 4. The number of hydrogen-bond donors (Lipinski definition) is 1. The van der Waals surface area contributed by atoms with Gasteiger partial charge in [-0.25, -0.2) is 4.39 Å². The molecule has 0 spiro atoms. The van der Waals surface area contributed by atoms with Gasteiger partial charge >= 0.3 is 0 Å². The number of fused-ring (bicyclic) bond motifs is 1. The van der Waals surface area contributed by atoms with Crippen LogP contribution in [0.1, 0.15) is 41.7 Å². The molecule has 2 amide bonds. The van der Waals surface area contributed by atoms with Gasteiger partial charge in [-0.05, 0) is 54.3 Å². The third kappa shape index (κ3) is 4.29. The first-order valence-corrected chi connectivity index (χ1v) is 10.8. The van der Waals surface area contributed by atoms with Crippen LogP contribution in [-0.2, 0) is 29.0 Å². The average Bonchev–Trinajstić information content (AvgIpc) is 3.34. The molecule has 1 unspecified atom stereocenters. The van der Waals surface area contributed by atoms with Crippen LogP contribution >= 0.6 is 11.3 Å². The van der Waals surface area contributed by atoms with Crippen molar-refractivity contribution >= 4 is 23.2 Å². The molecule has 4 rings (SSSR count). The summed E-state index contributed by atoms with van der Waals surface area (Å²) >= 11 is 1.75. The molecule has 2 aromatic rings. The van der Waals surface area contributed by atoms with Crippen LogP contribution in [-0.4, -0.2) is 35.9 Å². The Morgan fingerprint density at radius 3 is 2.93 bits per heavy atom. The number of halogens is 1. The lowest BCUT2D eigenvalue weighted by molar-refractivity contribution is -0.132. The fourth-order valence-corrected chi connectivity index (χ4v) is 5.20. The van der Waals surface area contributed by atoms with Crippen molar-refractivity contribution in [1.82, 2.24) is 10.2 Å². The highest BCUT2D eigenvalue weighted by atomic mass is 32.1. The molecule has 0 bridgehead atoms. The normalized spacial score (nSPS) is 21.0. The molecule has 1 N–H and O–H groups in total. The fraction of sp³-hybridized carbons (Fsp3) is 0.455. The minimum atomic E-state index is -0.578. The summed E-state index contributed by atoms with van der Waals surface area (Å²) < 4.78 is 19.6. The Hall–Kier alpha value is -2.41. The molecule has 2 aliphatic heterocycles. The third-order valence-electron chi connectivity index (χ3n) is 6.00. The Morgan fingerprint density at radius 2 is 2.21 bits per heavy atom. The molecule has 1 saturated heterocycles. The highest BCUT2D eigenvalue weighted by molar-refractivity contribution is 7.10. The number of thiophene rings is 1. The molecule has 1 fully saturated rings. The van der Waals surface area contributed by atoms with Crippen LogP contribution in [0.25, 0.3) is 0 Å². The largest absolute Gasteiger partial charge is 0.497 e. The maximum atomic E-state index is 14.5. The molecule has 0 saturated carbocycles. The van der Waals surface area contributed by atoms with Gasteiger partial charge in [-0.15, -0.1) is 11.3 Å². The van der Waals surface area contributed by atoms with E-state index in [2.05, 4.69) is 16.8 Å². The molecule has 1 atom stereocenters. The van der Waals surface area contributed by atoms with Gasteiger partial charge in [0.15, 0.2) is 0 Å². The third-order valence-corrected chi connectivity index (χ3v) is 7.03. The van der Waals surface area contributed by atoms with Gasteiger partial charge in [0.05, 0.1) is 7.11 Å². The summed E-state index contributed by atoms with van der Waals surface area (Å²) in [5.41, 5.74) is 1.19.